The van der Waals surface area contributed by atoms with Crippen molar-refractivity contribution in [3.63, 3.8) is 0 Å². The molecule has 0 saturated carbocycles. The molecule has 32 heavy (non-hydrogen) atoms. The Labute approximate surface area is 189 Å². The van der Waals surface area contributed by atoms with Gasteiger partial charge in [0.05, 0.1) is 25.5 Å². The van der Waals surface area contributed by atoms with Crippen molar-refractivity contribution in [2.45, 2.75) is 26.6 Å². The molecule has 3 aromatic rings. The second-order valence-electron chi connectivity index (χ2n) is 8.00. The van der Waals surface area contributed by atoms with E-state index in [-0.39, 0.29) is 0 Å². The van der Waals surface area contributed by atoms with Crippen molar-refractivity contribution in [2.24, 2.45) is 4.99 Å². The predicted molar refractivity (Wildman–Crippen MR) is 126 cm³/mol. The lowest BCUT2D eigenvalue weighted by atomic mass is 10.1. The summed E-state index contributed by atoms with van der Waals surface area (Å²) in [5.41, 5.74) is 5.56. The summed E-state index contributed by atoms with van der Waals surface area (Å²) in [5, 5.41) is 6.68. The number of ether oxygens (including phenoxy) is 1. The average Bonchev–Trinajstić information content (AvgIpc) is 3.30. The molecule has 1 aromatic heterocycles. The van der Waals surface area contributed by atoms with E-state index in [1.165, 1.54) is 16.7 Å². The van der Waals surface area contributed by atoms with E-state index in [2.05, 4.69) is 68.8 Å². The number of morpholine rings is 1. The van der Waals surface area contributed by atoms with Crippen molar-refractivity contribution in [1.82, 2.24) is 20.5 Å². The van der Waals surface area contributed by atoms with Crippen molar-refractivity contribution in [1.29, 1.82) is 0 Å². The SMILES string of the molecule is CN=C(NCc1cccc(CN2CCOCC2)c1)NCc1coc(-c2ccc(C)cc2)n1. The summed E-state index contributed by atoms with van der Waals surface area (Å²) in [7, 11) is 1.77. The van der Waals surface area contributed by atoms with E-state index in [0.29, 0.717) is 19.0 Å². The summed E-state index contributed by atoms with van der Waals surface area (Å²) >= 11 is 0. The number of benzene rings is 2. The number of hydrogen-bond acceptors (Lipinski definition) is 5. The molecule has 168 valence electrons. The monoisotopic (exact) mass is 433 g/mol. The predicted octanol–water partition coefficient (Wildman–Crippen LogP) is 3.35. The molecule has 0 spiro atoms. The van der Waals surface area contributed by atoms with Crippen LogP contribution in [0, 0.1) is 6.92 Å². The highest BCUT2D eigenvalue weighted by molar-refractivity contribution is 5.79. The first-order valence-electron chi connectivity index (χ1n) is 11.0. The van der Waals surface area contributed by atoms with Gasteiger partial charge in [0.2, 0.25) is 5.89 Å². The van der Waals surface area contributed by atoms with E-state index in [1.54, 1.807) is 13.3 Å². The minimum atomic E-state index is 0.534. The fourth-order valence-electron chi connectivity index (χ4n) is 3.65. The molecule has 0 unspecified atom stereocenters. The van der Waals surface area contributed by atoms with Gasteiger partial charge in [0.25, 0.3) is 0 Å². The van der Waals surface area contributed by atoms with Gasteiger partial charge in [-0.05, 0) is 30.2 Å². The van der Waals surface area contributed by atoms with E-state index < -0.39 is 0 Å². The van der Waals surface area contributed by atoms with E-state index in [0.717, 1.165) is 50.1 Å². The summed E-state index contributed by atoms with van der Waals surface area (Å²) in [4.78, 5) is 11.3. The van der Waals surface area contributed by atoms with E-state index in [4.69, 9.17) is 9.15 Å². The topological polar surface area (TPSA) is 74.9 Å². The molecule has 0 atom stereocenters. The molecule has 1 aliphatic rings. The molecule has 7 heteroatoms. The number of hydrogen-bond donors (Lipinski definition) is 2. The summed E-state index contributed by atoms with van der Waals surface area (Å²) in [6, 6.07) is 16.8. The van der Waals surface area contributed by atoms with Crippen LogP contribution < -0.4 is 10.6 Å². The molecule has 0 amide bonds. The average molecular weight is 434 g/mol. The zero-order chi connectivity index (χ0) is 22.2. The Kier molecular flexibility index (Phi) is 7.53. The van der Waals surface area contributed by atoms with Crippen LogP contribution in [-0.2, 0) is 24.4 Å². The van der Waals surface area contributed by atoms with Crippen LogP contribution in [0.2, 0.25) is 0 Å². The first kappa shape index (κ1) is 22.0. The quantitative estimate of drug-likeness (QED) is 0.440. The van der Waals surface area contributed by atoms with Crippen molar-refractivity contribution in [2.75, 3.05) is 33.4 Å². The number of guanidine groups is 1. The fraction of sp³-hybridized carbons (Fsp3) is 0.360. The molecular weight excluding hydrogens is 402 g/mol. The van der Waals surface area contributed by atoms with Crippen LogP contribution in [0.15, 0.2) is 64.2 Å². The lowest BCUT2D eigenvalue weighted by Crippen LogP contribution is -2.36. The van der Waals surface area contributed by atoms with E-state index in [9.17, 15) is 0 Å². The molecule has 1 aliphatic heterocycles. The standard InChI is InChI=1S/C25H31N5O2/c1-19-6-8-22(9-7-19)24-29-23(18-32-24)16-28-25(26-2)27-15-20-4-3-5-21(14-20)17-30-10-12-31-13-11-30/h3-9,14,18H,10-13,15-17H2,1-2H3,(H2,26,27,28). The van der Waals surface area contributed by atoms with Gasteiger partial charge in [-0.15, -0.1) is 0 Å². The second-order valence-corrected chi connectivity index (χ2v) is 8.00. The van der Waals surface area contributed by atoms with Gasteiger partial charge in [0.15, 0.2) is 5.96 Å². The molecule has 2 N–H and O–H groups in total. The van der Waals surface area contributed by atoms with Crippen LogP contribution in [0.25, 0.3) is 11.5 Å². The Morgan fingerprint density at radius 2 is 1.78 bits per heavy atom. The van der Waals surface area contributed by atoms with E-state index in [1.807, 2.05) is 12.1 Å². The molecule has 0 radical (unpaired) electrons. The largest absolute Gasteiger partial charge is 0.444 e. The lowest BCUT2D eigenvalue weighted by Gasteiger charge is -2.26. The smallest absolute Gasteiger partial charge is 0.226 e. The number of aryl methyl sites for hydroxylation is 1. The minimum Gasteiger partial charge on any atom is -0.444 e. The molecule has 4 rings (SSSR count). The molecule has 0 bridgehead atoms. The molecule has 7 nitrogen and oxygen atoms in total. The molecule has 2 aromatic carbocycles. The minimum absolute atomic E-state index is 0.534. The first-order valence-corrected chi connectivity index (χ1v) is 11.0. The molecule has 2 heterocycles. The van der Waals surface area contributed by atoms with Crippen LogP contribution in [0.4, 0.5) is 0 Å². The maximum Gasteiger partial charge on any atom is 0.226 e. The zero-order valence-electron chi connectivity index (χ0n) is 18.8. The maximum absolute atomic E-state index is 5.64. The number of aliphatic imine (C=N–C) groups is 1. The van der Waals surface area contributed by atoms with Gasteiger partial charge in [0.1, 0.15) is 6.26 Å². The van der Waals surface area contributed by atoms with E-state index >= 15 is 0 Å². The normalized spacial score (nSPS) is 15.0. The third kappa shape index (κ3) is 6.18. The highest BCUT2D eigenvalue weighted by Crippen LogP contribution is 2.19. The first-order chi connectivity index (χ1) is 15.7. The van der Waals surface area contributed by atoms with Crippen molar-refractivity contribution < 1.29 is 9.15 Å². The van der Waals surface area contributed by atoms with Crippen LogP contribution in [0.1, 0.15) is 22.4 Å². The van der Waals surface area contributed by atoms with Gasteiger partial charge in [-0.1, -0.05) is 42.0 Å². The van der Waals surface area contributed by atoms with Crippen LogP contribution in [0.3, 0.4) is 0 Å². The van der Waals surface area contributed by atoms with Crippen molar-refractivity contribution >= 4 is 5.96 Å². The van der Waals surface area contributed by atoms with Gasteiger partial charge in [-0.2, -0.15) is 0 Å². The Balaban J connectivity index is 1.27. The summed E-state index contributed by atoms with van der Waals surface area (Å²) < 4.78 is 11.1. The van der Waals surface area contributed by atoms with Crippen LogP contribution >= 0.6 is 0 Å². The molecule has 0 aliphatic carbocycles. The second kappa shape index (κ2) is 10.9. The number of nitrogens with one attached hydrogen (secondary N) is 2. The molecule has 1 saturated heterocycles. The summed E-state index contributed by atoms with van der Waals surface area (Å²) in [6.45, 7) is 7.88. The number of rotatable bonds is 7. The van der Waals surface area contributed by atoms with Crippen LogP contribution in [0.5, 0.6) is 0 Å². The Hall–Kier alpha value is -3.16. The number of nitrogens with zero attached hydrogens (tertiary/aromatic N) is 3. The lowest BCUT2D eigenvalue weighted by molar-refractivity contribution is 0.0342. The summed E-state index contributed by atoms with van der Waals surface area (Å²) in [6.07, 6.45) is 1.69. The van der Waals surface area contributed by atoms with Gasteiger partial charge in [-0.25, -0.2) is 4.98 Å². The molecular formula is C25H31N5O2. The number of oxazole rings is 1. The third-order valence-corrected chi connectivity index (χ3v) is 5.47. The van der Waals surface area contributed by atoms with Gasteiger partial charge >= 0.3 is 0 Å². The summed E-state index contributed by atoms with van der Waals surface area (Å²) in [5.74, 6) is 1.35. The Morgan fingerprint density at radius 1 is 1.03 bits per heavy atom. The van der Waals surface area contributed by atoms with Gasteiger partial charge < -0.3 is 19.8 Å². The third-order valence-electron chi connectivity index (χ3n) is 5.47. The number of aromatic nitrogens is 1. The highest BCUT2D eigenvalue weighted by Gasteiger charge is 2.11. The zero-order valence-corrected chi connectivity index (χ0v) is 18.8. The Bertz CT molecular complexity index is 1020. The van der Waals surface area contributed by atoms with Gasteiger partial charge in [-0.3, -0.25) is 9.89 Å². The molecule has 1 fully saturated rings. The van der Waals surface area contributed by atoms with Crippen molar-refractivity contribution in [3.05, 3.63) is 77.2 Å². The Morgan fingerprint density at radius 3 is 2.56 bits per heavy atom. The maximum atomic E-state index is 5.64. The van der Waals surface area contributed by atoms with Crippen molar-refractivity contribution in [3.8, 4) is 11.5 Å². The van der Waals surface area contributed by atoms with Crippen LogP contribution in [-0.4, -0.2) is 49.2 Å². The van der Waals surface area contributed by atoms with Gasteiger partial charge in [0, 0.05) is 38.8 Å². The fourth-order valence-corrected chi connectivity index (χ4v) is 3.65. The highest BCUT2D eigenvalue weighted by atomic mass is 16.5.